The molecule has 1 aliphatic heterocycles. The molecule has 0 bridgehead atoms. The first-order valence-electron chi connectivity index (χ1n) is 19.9. The zero-order chi connectivity index (χ0) is 38.1. The van der Waals surface area contributed by atoms with Crippen molar-refractivity contribution in [3.63, 3.8) is 0 Å². The SMILES string of the molecule is CC1(C)C2=C(C=CC(C3=NC(c4ccccc4)c4oc5ccccc5c4N3)C2)c2c(N(c3ccccc3)c3ccc(-c4ccccc4)cc3)cc3ccccc3c21. The third kappa shape index (κ3) is 5.39. The van der Waals surface area contributed by atoms with Crippen LogP contribution in [0.3, 0.4) is 0 Å². The molecule has 8 aromatic rings. The van der Waals surface area contributed by atoms with Gasteiger partial charge in [0, 0.05) is 33.7 Å². The van der Waals surface area contributed by atoms with Crippen molar-refractivity contribution in [1.82, 2.24) is 0 Å². The van der Waals surface area contributed by atoms with E-state index in [-0.39, 0.29) is 17.4 Å². The number of nitrogens with zero attached hydrogens (tertiary/aromatic N) is 2. The number of hydrogen-bond acceptors (Lipinski definition) is 4. The highest BCUT2D eigenvalue weighted by Crippen LogP contribution is 2.58. The van der Waals surface area contributed by atoms with Crippen LogP contribution in [0.1, 0.15) is 48.8 Å². The highest BCUT2D eigenvalue weighted by Gasteiger charge is 2.44. The van der Waals surface area contributed by atoms with Crippen molar-refractivity contribution in [2.45, 2.75) is 31.7 Å². The Balaban J connectivity index is 1.05. The molecule has 4 heteroatoms. The summed E-state index contributed by atoms with van der Waals surface area (Å²) in [6.07, 6.45) is 5.63. The first-order chi connectivity index (χ1) is 28.0. The third-order valence-electron chi connectivity index (χ3n) is 12.3. The summed E-state index contributed by atoms with van der Waals surface area (Å²) < 4.78 is 6.51. The molecular weight excluding hydrogens is 695 g/mol. The fourth-order valence-electron chi connectivity index (χ4n) is 9.54. The van der Waals surface area contributed by atoms with Crippen LogP contribution in [-0.2, 0) is 5.41 Å². The summed E-state index contributed by atoms with van der Waals surface area (Å²) in [6, 6.07) is 60.4. The van der Waals surface area contributed by atoms with E-state index in [1.807, 2.05) is 12.1 Å². The van der Waals surface area contributed by atoms with Crippen molar-refractivity contribution in [2.24, 2.45) is 10.9 Å². The van der Waals surface area contributed by atoms with Crippen molar-refractivity contribution in [2.75, 3.05) is 10.2 Å². The lowest BCUT2D eigenvalue weighted by Crippen LogP contribution is -2.30. The second kappa shape index (κ2) is 13.1. The maximum absolute atomic E-state index is 6.51. The maximum Gasteiger partial charge on any atom is 0.157 e. The van der Waals surface area contributed by atoms with Gasteiger partial charge < -0.3 is 14.6 Å². The zero-order valence-corrected chi connectivity index (χ0v) is 32.0. The molecule has 3 aliphatic rings. The normalized spacial score (nSPS) is 17.8. The van der Waals surface area contributed by atoms with Crippen LogP contribution in [0.25, 0.3) is 38.4 Å². The van der Waals surface area contributed by atoms with E-state index in [2.05, 4.69) is 194 Å². The second-order valence-electron chi connectivity index (χ2n) is 15.9. The fourth-order valence-corrected chi connectivity index (χ4v) is 9.54. The highest BCUT2D eigenvalue weighted by molar-refractivity contribution is 6.10. The van der Waals surface area contributed by atoms with Gasteiger partial charge in [-0.25, -0.2) is 0 Å². The molecule has 1 aromatic heterocycles. The first kappa shape index (κ1) is 33.4. The molecule has 2 atom stereocenters. The quantitative estimate of drug-likeness (QED) is 0.185. The van der Waals surface area contributed by atoms with Gasteiger partial charge in [-0.15, -0.1) is 0 Å². The lowest BCUT2D eigenvalue weighted by Gasteiger charge is -2.32. The fraction of sp³-hybridized carbons (Fsp3) is 0.113. The highest BCUT2D eigenvalue weighted by atomic mass is 16.3. The monoisotopic (exact) mass is 735 g/mol. The lowest BCUT2D eigenvalue weighted by molar-refractivity contribution is 0.523. The van der Waals surface area contributed by atoms with Gasteiger partial charge in [-0.3, -0.25) is 4.99 Å². The van der Waals surface area contributed by atoms with Crippen LogP contribution in [0.15, 0.2) is 197 Å². The predicted octanol–water partition coefficient (Wildman–Crippen LogP) is 14.0. The van der Waals surface area contributed by atoms with Gasteiger partial charge in [0.2, 0.25) is 0 Å². The van der Waals surface area contributed by atoms with Gasteiger partial charge in [0.15, 0.2) is 5.76 Å². The van der Waals surface area contributed by atoms with Crippen LogP contribution in [-0.4, -0.2) is 5.84 Å². The Morgan fingerprint density at radius 3 is 2.07 bits per heavy atom. The van der Waals surface area contributed by atoms with Gasteiger partial charge in [-0.1, -0.05) is 159 Å². The molecule has 4 nitrogen and oxygen atoms in total. The number of furan rings is 1. The van der Waals surface area contributed by atoms with E-state index in [4.69, 9.17) is 9.41 Å². The van der Waals surface area contributed by atoms with Crippen LogP contribution >= 0.6 is 0 Å². The molecule has 274 valence electrons. The van der Waals surface area contributed by atoms with E-state index in [9.17, 15) is 0 Å². The summed E-state index contributed by atoms with van der Waals surface area (Å²) in [6.45, 7) is 4.85. The molecule has 0 radical (unpaired) electrons. The standard InChI is InChI=1S/C53H41N3O/c1-53(2)44-32-38(52-54-49(36-18-8-4-9-19-36)51-50(55-52)43-24-14-15-25-46(43)57-51)28-31-42(44)47-45(33-37-20-12-13-23-41(37)48(47)53)56(39-21-10-5-11-22-39)40-29-26-35(27-30-40)34-16-6-3-7-17-34/h3-31,33,38,49H,32H2,1-2H3,(H,54,55). The summed E-state index contributed by atoms with van der Waals surface area (Å²) in [5.74, 6) is 1.91. The molecule has 0 spiro atoms. The van der Waals surface area contributed by atoms with Gasteiger partial charge >= 0.3 is 0 Å². The van der Waals surface area contributed by atoms with Crippen molar-refractivity contribution >= 4 is 55.9 Å². The number of allylic oxidation sites excluding steroid dienone is 3. The van der Waals surface area contributed by atoms with E-state index in [0.717, 1.165) is 51.6 Å². The summed E-state index contributed by atoms with van der Waals surface area (Å²) in [5, 5.41) is 7.44. The summed E-state index contributed by atoms with van der Waals surface area (Å²) in [7, 11) is 0. The minimum absolute atomic E-state index is 0.0656. The van der Waals surface area contributed by atoms with E-state index in [1.165, 1.54) is 49.9 Å². The molecule has 0 saturated carbocycles. The molecular formula is C53H41N3O. The molecule has 0 saturated heterocycles. The first-order valence-corrected chi connectivity index (χ1v) is 19.9. The maximum atomic E-state index is 6.51. The van der Waals surface area contributed by atoms with Gasteiger partial charge in [0.1, 0.15) is 17.5 Å². The Morgan fingerprint density at radius 1 is 0.667 bits per heavy atom. The van der Waals surface area contributed by atoms with E-state index < -0.39 is 0 Å². The molecule has 0 fully saturated rings. The topological polar surface area (TPSA) is 40.8 Å². The second-order valence-corrected chi connectivity index (χ2v) is 15.9. The Labute approximate surface area is 333 Å². The molecule has 7 aromatic carbocycles. The van der Waals surface area contributed by atoms with Gasteiger partial charge in [0.05, 0.1) is 11.4 Å². The number of aliphatic imine (C=N–C) groups is 1. The number of rotatable bonds is 6. The summed E-state index contributed by atoms with van der Waals surface area (Å²) in [5.41, 5.74) is 14.1. The smallest absolute Gasteiger partial charge is 0.157 e. The number of nitrogens with one attached hydrogen (secondary N) is 1. The van der Waals surface area contributed by atoms with Crippen LogP contribution in [0.2, 0.25) is 0 Å². The van der Waals surface area contributed by atoms with Gasteiger partial charge in [-0.2, -0.15) is 0 Å². The van der Waals surface area contributed by atoms with Crippen molar-refractivity contribution in [3.05, 3.63) is 210 Å². The average molecular weight is 736 g/mol. The molecule has 2 heterocycles. The van der Waals surface area contributed by atoms with Crippen LogP contribution in [0.5, 0.6) is 0 Å². The predicted molar refractivity (Wildman–Crippen MR) is 237 cm³/mol. The number of para-hydroxylation sites is 2. The number of fused-ring (bicyclic) bond motifs is 7. The van der Waals surface area contributed by atoms with Crippen molar-refractivity contribution in [1.29, 1.82) is 0 Å². The Kier molecular flexibility index (Phi) is 7.68. The largest absolute Gasteiger partial charge is 0.456 e. The third-order valence-corrected chi connectivity index (χ3v) is 12.3. The number of hydrogen-bond donors (Lipinski definition) is 1. The van der Waals surface area contributed by atoms with Crippen LogP contribution in [0, 0.1) is 5.92 Å². The van der Waals surface area contributed by atoms with Crippen LogP contribution < -0.4 is 10.2 Å². The lowest BCUT2D eigenvalue weighted by atomic mass is 9.74. The Bertz CT molecular complexity index is 2920. The molecule has 1 N–H and O–H groups in total. The molecule has 0 amide bonds. The molecule has 2 unspecified atom stereocenters. The molecule has 2 aliphatic carbocycles. The van der Waals surface area contributed by atoms with Crippen molar-refractivity contribution < 1.29 is 4.42 Å². The summed E-state index contributed by atoms with van der Waals surface area (Å²) in [4.78, 5) is 7.91. The average Bonchev–Trinajstić information content (AvgIpc) is 3.76. The summed E-state index contributed by atoms with van der Waals surface area (Å²) >= 11 is 0. The van der Waals surface area contributed by atoms with Crippen LogP contribution in [0.4, 0.5) is 22.7 Å². The van der Waals surface area contributed by atoms with Gasteiger partial charge in [-0.05, 0) is 87.5 Å². The zero-order valence-electron chi connectivity index (χ0n) is 32.0. The molecule has 57 heavy (non-hydrogen) atoms. The number of amidine groups is 1. The van der Waals surface area contributed by atoms with Crippen molar-refractivity contribution in [3.8, 4) is 11.1 Å². The number of anilines is 4. The Morgan fingerprint density at radius 2 is 1.30 bits per heavy atom. The van der Waals surface area contributed by atoms with E-state index >= 15 is 0 Å². The van der Waals surface area contributed by atoms with Gasteiger partial charge in [0.25, 0.3) is 0 Å². The minimum Gasteiger partial charge on any atom is -0.456 e. The van der Waals surface area contributed by atoms with E-state index in [0.29, 0.717) is 0 Å². The minimum atomic E-state index is -0.232. The molecule has 11 rings (SSSR count). The number of benzene rings is 7. The Hall–Kier alpha value is -6.91. The van der Waals surface area contributed by atoms with E-state index in [1.54, 1.807) is 0 Å².